The number of nitrogens with one attached hydrogen (secondary N) is 1. The molecular weight excluding hydrogens is 405 g/mol. The molecule has 5 nitrogen and oxygen atoms in total. The molecule has 30 heavy (non-hydrogen) atoms. The smallest absolute Gasteiger partial charge is 0.266 e. The number of carbonyl (C=O) groups excluding carboxylic acids is 1. The van der Waals surface area contributed by atoms with E-state index in [4.69, 9.17) is 16.1 Å². The highest BCUT2D eigenvalue weighted by Gasteiger charge is 2.14. The lowest BCUT2D eigenvalue weighted by Gasteiger charge is -2.05. The van der Waals surface area contributed by atoms with Gasteiger partial charge in [-0.2, -0.15) is 5.26 Å². The first-order valence-corrected chi connectivity index (χ1v) is 9.26. The van der Waals surface area contributed by atoms with Gasteiger partial charge in [-0.15, -0.1) is 0 Å². The molecule has 0 spiro atoms. The molecular formula is C23H13ClFN3O2. The Kier molecular flexibility index (Phi) is 5.29. The second-order valence-corrected chi connectivity index (χ2v) is 6.84. The lowest BCUT2D eigenvalue weighted by molar-refractivity contribution is -0.112. The molecule has 4 aromatic rings. The normalized spacial score (nSPS) is 11.3. The largest absolute Gasteiger partial charge is 0.355 e. The van der Waals surface area contributed by atoms with Crippen molar-refractivity contribution in [2.45, 2.75) is 0 Å². The van der Waals surface area contributed by atoms with Gasteiger partial charge < -0.3 is 9.84 Å². The number of aromatic nitrogens is 1. The molecule has 0 aliphatic rings. The van der Waals surface area contributed by atoms with Crippen molar-refractivity contribution in [3.8, 4) is 17.4 Å². The van der Waals surface area contributed by atoms with Crippen LogP contribution in [0, 0.1) is 17.1 Å². The molecule has 0 bridgehead atoms. The van der Waals surface area contributed by atoms with Crippen LogP contribution in [-0.2, 0) is 4.79 Å². The maximum atomic E-state index is 13.8. The van der Waals surface area contributed by atoms with Crippen molar-refractivity contribution in [2.75, 3.05) is 5.32 Å². The van der Waals surface area contributed by atoms with Crippen molar-refractivity contribution in [1.29, 1.82) is 5.26 Å². The number of carbonyl (C=O) groups is 1. The van der Waals surface area contributed by atoms with E-state index in [9.17, 15) is 14.4 Å². The predicted octanol–water partition coefficient (Wildman–Crippen LogP) is 5.83. The maximum Gasteiger partial charge on any atom is 0.266 e. The molecule has 1 amide bonds. The van der Waals surface area contributed by atoms with Gasteiger partial charge in [-0.25, -0.2) is 4.39 Å². The third-order valence-corrected chi connectivity index (χ3v) is 4.66. The number of anilines is 1. The lowest BCUT2D eigenvalue weighted by Crippen LogP contribution is -2.14. The molecule has 0 unspecified atom stereocenters. The zero-order valence-electron chi connectivity index (χ0n) is 15.4. The van der Waals surface area contributed by atoms with Crippen LogP contribution >= 0.6 is 11.6 Å². The Morgan fingerprint density at radius 1 is 1.13 bits per heavy atom. The van der Waals surface area contributed by atoms with Gasteiger partial charge in [0.1, 0.15) is 23.0 Å². The number of amides is 1. The Hall–Kier alpha value is -3.95. The second-order valence-electron chi connectivity index (χ2n) is 6.40. The van der Waals surface area contributed by atoms with Crippen LogP contribution in [0.1, 0.15) is 5.56 Å². The molecule has 0 saturated heterocycles. The zero-order chi connectivity index (χ0) is 21.1. The highest BCUT2D eigenvalue weighted by Crippen LogP contribution is 2.30. The van der Waals surface area contributed by atoms with E-state index in [1.807, 2.05) is 18.2 Å². The number of nitrogens with zero attached hydrogens (tertiary/aromatic N) is 2. The minimum atomic E-state index is -0.703. The molecule has 1 N–H and O–H groups in total. The van der Waals surface area contributed by atoms with Crippen LogP contribution in [0.2, 0.25) is 5.02 Å². The summed E-state index contributed by atoms with van der Waals surface area (Å²) in [5.74, 6) is -0.737. The molecule has 1 aromatic heterocycles. The molecule has 0 saturated carbocycles. The van der Waals surface area contributed by atoms with Gasteiger partial charge >= 0.3 is 0 Å². The van der Waals surface area contributed by atoms with E-state index in [-0.39, 0.29) is 11.3 Å². The van der Waals surface area contributed by atoms with Gasteiger partial charge in [0, 0.05) is 10.6 Å². The van der Waals surface area contributed by atoms with Gasteiger partial charge in [-0.3, -0.25) is 4.79 Å². The summed E-state index contributed by atoms with van der Waals surface area (Å²) in [5, 5.41) is 17.2. The first-order valence-electron chi connectivity index (χ1n) is 8.88. The summed E-state index contributed by atoms with van der Waals surface area (Å²) < 4.78 is 19.2. The van der Waals surface area contributed by atoms with Crippen LogP contribution in [0.5, 0.6) is 0 Å². The summed E-state index contributed by atoms with van der Waals surface area (Å²) in [6, 6.07) is 19.9. The van der Waals surface area contributed by atoms with Crippen LogP contribution in [0.3, 0.4) is 0 Å². The van der Waals surface area contributed by atoms with Crippen LogP contribution in [0.15, 0.2) is 76.8 Å². The number of benzene rings is 3. The molecule has 0 aliphatic carbocycles. The number of para-hydroxylation sites is 1. The van der Waals surface area contributed by atoms with Gasteiger partial charge in [0.2, 0.25) is 0 Å². The predicted molar refractivity (Wildman–Crippen MR) is 113 cm³/mol. The Labute approximate surface area is 176 Å². The summed E-state index contributed by atoms with van der Waals surface area (Å²) in [4.78, 5) is 12.4. The fourth-order valence-electron chi connectivity index (χ4n) is 2.93. The minimum absolute atomic E-state index is 0.00293. The van der Waals surface area contributed by atoms with Gasteiger partial charge in [-0.05, 0) is 60.2 Å². The van der Waals surface area contributed by atoms with Crippen LogP contribution < -0.4 is 5.32 Å². The molecule has 7 heteroatoms. The van der Waals surface area contributed by atoms with Crippen molar-refractivity contribution in [3.05, 3.63) is 88.7 Å². The van der Waals surface area contributed by atoms with E-state index in [0.29, 0.717) is 21.9 Å². The van der Waals surface area contributed by atoms with E-state index in [2.05, 4.69) is 10.5 Å². The van der Waals surface area contributed by atoms with Gasteiger partial charge in [0.25, 0.3) is 5.91 Å². The molecule has 0 fully saturated rings. The standard InChI is InChI=1S/C23H13ClFN3O2/c24-17-8-6-15(7-9-17)22-18-12-14(5-10-20(18)28-30-22)11-16(13-26)23(29)27-21-4-2-1-3-19(21)25/h1-12H,(H,27,29)/b16-11+. The number of halogens is 2. The Morgan fingerprint density at radius 2 is 1.90 bits per heavy atom. The molecule has 3 aromatic carbocycles. The highest BCUT2D eigenvalue weighted by molar-refractivity contribution is 6.30. The van der Waals surface area contributed by atoms with Gasteiger partial charge in [0.15, 0.2) is 5.76 Å². The summed E-state index contributed by atoms with van der Waals surface area (Å²) in [6.45, 7) is 0. The van der Waals surface area contributed by atoms with Crippen LogP contribution in [0.25, 0.3) is 28.3 Å². The van der Waals surface area contributed by atoms with Crippen LogP contribution in [-0.4, -0.2) is 11.1 Å². The molecule has 4 rings (SSSR count). The number of hydrogen-bond acceptors (Lipinski definition) is 4. The topological polar surface area (TPSA) is 78.9 Å². The third-order valence-electron chi connectivity index (χ3n) is 4.41. The summed E-state index contributed by atoms with van der Waals surface area (Å²) in [6.07, 6.45) is 1.42. The number of rotatable bonds is 4. The number of fused-ring (bicyclic) bond motifs is 1. The Balaban J connectivity index is 1.68. The monoisotopic (exact) mass is 417 g/mol. The molecule has 0 atom stereocenters. The van der Waals surface area contributed by atoms with E-state index >= 15 is 0 Å². The van der Waals surface area contributed by atoms with E-state index in [1.165, 1.54) is 24.3 Å². The van der Waals surface area contributed by atoms with Crippen molar-refractivity contribution in [1.82, 2.24) is 5.16 Å². The van der Waals surface area contributed by atoms with E-state index in [1.54, 1.807) is 36.4 Å². The SMILES string of the molecule is N#C/C(=C\c1ccc2noc(-c3ccc(Cl)cc3)c2c1)C(=O)Nc1ccccc1F. The third kappa shape index (κ3) is 3.93. The summed E-state index contributed by atoms with van der Waals surface area (Å²) in [7, 11) is 0. The lowest BCUT2D eigenvalue weighted by atomic mass is 10.0. The number of nitriles is 1. The average molecular weight is 418 g/mol. The van der Waals surface area contributed by atoms with Crippen molar-refractivity contribution < 1.29 is 13.7 Å². The fraction of sp³-hybridized carbons (Fsp3) is 0. The zero-order valence-corrected chi connectivity index (χ0v) is 16.2. The molecule has 0 radical (unpaired) electrons. The van der Waals surface area contributed by atoms with Gasteiger partial charge in [-0.1, -0.05) is 35.0 Å². The van der Waals surface area contributed by atoms with Crippen LogP contribution in [0.4, 0.5) is 10.1 Å². The van der Waals surface area contributed by atoms with Crippen molar-refractivity contribution in [2.24, 2.45) is 0 Å². The molecule has 0 aliphatic heterocycles. The highest BCUT2D eigenvalue weighted by atomic mass is 35.5. The summed E-state index contributed by atoms with van der Waals surface area (Å²) >= 11 is 5.94. The van der Waals surface area contributed by atoms with Crippen molar-refractivity contribution >= 4 is 40.2 Å². The minimum Gasteiger partial charge on any atom is -0.355 e. The molecule has 146 valence electrons. The fourth-order valence-corrected chi connectivity index (χ4v) is 3.05. The van der Waals surface area contributed by atoms with Gasteiger partial charge in [0.05, 0.1) is 11.1 Å². The number of hydrogen-bond donors (Lipinski definition) is 1. The van der Waals surface area contributed by atoms with Crippen molar-refractivity contribution in [3.63, 3.8) is 0 Å². The first kappa shape index (κ1) is 19.4. The average Bonchev–Trinajstić information content (AvgIpc) is 3.17. The first-order chi connectivity index (χ1) is 14.5. The molecule has 1 heterocycles. The quantitative estimate of drug-likeness (QED) is 0.334. The second kappa shape index (κ2) is 8.19. The van der Waals surface area contributed by atoms with E-state index in [0.717, 1.165) is 10.9 Å². The summed E-state index contributed by atoms with van der Waals surface area (Å²) in [5.41, 5.74) is 1.86. The Bertz CT molecular complexity index is 1320. The maximum absolute atomic E-state index is 13.8. The van der Waals surface area contributed by atoms with E-state index < -0.39 is 11.7 Å². The Morgan fingerprint density at radius 3 is 2.63 bits per heavy atom.